The Morgan fingerprint density at radius 1 is 0.974 bits per heavy atom. The number of ether oxygens (including phenoxy) is 1. The Morgan fingerprint density at radius 3 is 2.49 bits per heavy atom. The Morgan fingerprint density at radius 2 is 1.72 bits per heavy atom. The number of aliphatic imine (C=N–C) groups is 1. The first-order valence-electron chi connectivity index (χ1n) is 11.9. The van der Waals surface area contributed by atoms with Gasteiger partial charge >= 0.3 is 0 Å². The number of aryl methyl sites for hydroxylation is 1. The summed E-state index contributed by atoms with van der Waals surface area (Å²) in [7, 11) is -2.62. The topological polar surface area (TPSA) is 123 Å². The van der Waals surface area contributed by atoms with Crippen molar-refractivity contribution in [2.75, 3.05) is 11.8 Å². The van der Waals surface area contributed by atoms with Crippen LogP contribution in [0, 0.1) is 6.92 Å². The molecule has 0 bridgehead atoms. The predicted octanol–water partition coefficient (Wildman–Crippen LogP) is 4.96. The Labute approximate surface area is 224 Å². The number of fused-ring (bicyclic) bond motifs is 1. The van der Waals surface area contributed by atoms with Crippen LogP contribution in [-0.4, -0.2) is 36.4 Å². The number of sulfonamides is 1. The number of aromatic nitrogens is 2. The summed E-state index contributed by atoms with van der Waals surface area (Å²) in [5, 5.41) is 12.2. The lowest BCUT2D eigenvalue weighted by molar-refractivity contribution is 0.417. The third-order valence-corrected chi connectivity index (χ3v) is 7.50. The van der Waals surface area contributed by atoms with Gasteiger partial charge in [0, 0.05) is 23.2 Å². The van der Waals surface area contributed by atoms with Gasteiger partial charge in [0.1, 0.15) is 5.75 Å². The highest BCUT2D eigenvalue weighted by Crippen LogP contribution is 2.29. The molecule has 0 amide bonds. The molecule has 0 spiro atoms. The average molecular weight is 541 g/mol. The van der Waals surface area contributed by atoms with Crippen LogP contribution in [0.3, 0.4) is 0 Å². The molecule has 9 nitrogen and oxygen atoms in total. The maximum absolute atomic E-state index is 13.5. The second kappa shape index (κ2) is 10.4. The zero-order valence-corrected chi connectivity index (χ0v) is 21.9. The van der Waals surface area contributed by atoms with Crippen LogP contribution in [0.15, 0.2) is 106 Å². The number of hydrogen-bond donors (Lipinski definition) is 2. The summed E-state index contributed by atoms with van der Waals surface area (Å²) >= 11 is 0. The average Bonchev–Trinajstić information content (AvgIpc) is 2.94. The molecule has 5 rings (SSSR count). The number of nitrogens with one attached hydrogen (secondary N) is 1. The standard InChI is InChI=1S/C29H24N4O5S/c1-19-9-8-16-30-27(19)31-18-24-22-12-3-4-13-23(22)28(34)33(29(24)35)20-10-7-11-21(17-20)39(36,37)32-25-14-5-6-15-26(25)38-2/h3-18,32,35H,1-2H3. The molecule has 0 aliphatic rings. The normalized spacial score (nSPS) is 11.6. The van der Waals surface area contributed by atoms with Crippen LogP contribution in [0.5, 0.6) is 11.6 Å². The fourth-order valence-electron chi connectivity index (χ4n) is 4.19. The fourth-order valence-corrected chi connectivity index (χ4v) is 5.30. The van der Waals surface area contributed by atoms with E-state index in [2.05, 4.69) is 14.7 Å². The van der Waals surface area contributed by atoms with Crippen LogP contribution >= 0.6 is 0 Å². The summed E-state index contributed by atoms with van der Waals surface area (Å²) in [6, 6.07) is 22.9. The Bertz CT molecular complexity index is 1900. The van der Waals surface area contributed by atoms with Crippen molar-refractivity contribution < 1.29 is 18.3 Å². The highest BCUT2D eigenvalue weighted by atomic mass is 32.2. The maximum atomic E-state index is 13.5. The fraction of sp³-hybridized carbons (Fsp3) is 0.0690. The van der Waals surface area contributed by atoms with Crippen LogP contribution in [0.2, 0.25) is 0 Å². The number of aromatic hydroxyl groups is 1. The SMILES string of the molecule is COc1ccccc1NS(=O)(=O)c1cccc(-n2c(O)c(C=Nc3ncccc3C)c3ccccc3c2=O)c1. The number of pyridine rings is 2. The molecule has 10 heteroatoms. The van der Waals surface area contributed by atoms with Crippen molar-refractivity contribution in [3.8, 4) is 17.3 Å². The minimum absolute atomic E-state index is 0.107. The van der Waals surface area contributed by atoms with E-state index < -0.39 is 15.6 Å². The van der Waals surface area contributed by atoms with Crippen molar-refractivity contribution in [2.24, 2.45) is 4.99 Å². The zero-order chi connectivity index (χ0) is 27.6. The summed E-state index contributed by atoms with van der Waals surface area (Å²) in [4.78, 5) is 22.1. The van der Waals surface area contributed by atoms with Gasteiger partial charge in [-0.05, 0) is 55.0 Å². The molecule has 0 radical (unpaired) electrons. The monoisotopic (exact) mass is 540 g/mol. The lowest BCUT2D eigenvalue weighted by atomic mass is 10.1. The van der Waals surface area contributed by atoms with Gasteiger partial charge in [0.05, 0.1) is 28.9 Å². The molecule has 2 aromatic heterocycles. The van der Waals surface area contributed by atoms with Crippen molar-refractivity contribution in [3.63, 3.8) is 0 Å². The third kappa shape index (κ3) is 4.97. The molecular formula is C29H24N4O5S. The summed E-state index contributed by atoms with van der Waals surface area (Å²) < 4.78 is 35.3. The van der Waals surface area contributed by atoms with Gasteiger partial charge in [-0.2, -0.15) is 0 Å². The van der Waals surface area contributed by atoms with Crippen LogP contribution in [0.25, 0.3) is 16.5 Å². The van der Waals surface area contributed by atoms with Gasteiger partial charge in [-0.1, -0.05) is 42.5 Å². The molecule has 0 fully saturated rings. The minimum atomic E-state index is -4.07. The number of hydrogen-bond acceptors (Lipinski definition) is 7. The summed E-state index contributed by atoms with van der Waals surface area (Å²) in [6.45, 7) is 1.86. The van der Waals surface area contributed by atoms with E-state index in [1.165, 1.54) is 31.5 Å². The third-order valence-electron chi connectivity index (χ3n) is 6.14. The quantitative estimate of drug-likeness (QED) is 0.281. The van der Waals surface area contributed by atoms with E-state index in [9.17, 15) is 18.3 Å². The van der Waals surface area contributed by atoms with Crippen molar-refractivity contribution in [1.82, 2.24) is 9.55 Å². The molecule has 0 aliphatic heterocycles. The lowest BCUT2D eigenvalue weighted by Crippen LogP contribution is -2.21. The Hall–Kier alpha value is -4.96. The van der Waals surface area contributed by atoms with Gasteiger partial charge in [0.25, 0.3) is 15.6 Å². The number of anilines is 1. The van der Waals surface area contributed by atoms with E-state index in [1.54, 1.807) is 66.9 Å². The Balaban J connectivity index is 1.64. The Kier molecular flexibility index (Phi) is 6.86. The second-order valence-electron chi connectivity index (χ2n) is 8.63. The van der Waals surface area contributed by atoms with Crippen molar-refractivity contribution >= 4 is 38.5 Å². The molecule has 3 aromatic carbocycles. The molecule has 0 saturated heterocycles. The van der Waals surface area contributed by atoms with Crippen LogP contribution in [0.1, 0.15) is 11.1 Å². The summed E-state index contributed by atoms with van der Waals surface area (Å²) in [5.41, 5.74) is 1.04. The van der Waals surface area contributed by atoms with Crippen molar-refractivity contribution in [2.45, 2.75) is 11.8 Å². The first kappa shape index (κ1) is 25.7. The van der Waals surface area contributed by atoms with E-state index in [-0.39, 0.29) is 27.7 Å². The molecule has 2 N–H and O–H groups in total. The van der Waals surface area contributed by atoms with Gasteiger partial charge in [-0.15, -0.1) is 0 Å². The zero-order valence-electron chi connectivity index (χ0n) is 21.1. The largest absolute Gasteiger partial charge is 0.495 e. The molecule has 39 heavy (non-hydrogen) atoms. The van der Waals surface area contributed by atoms with Gasteiger partial charge < -0.3 is 9.84 Å². The summed E-state index contributed by atoms with van der Waals surface area (Å²) in [6.07, 6.45) is 3.07. The first-order chi connectivity index (χ1) is 18.8. The molecule has 2 heterocycles. The van der Waals surface area contributed by atoms with Gasteiger partial charge in [-0.3, -0.25) is 9.52 Å². The van der Waals surface area contributed by atoms with Crippen molar-refractivity contribution in [3.05, 3.63) is 113 Å². The number of nitrogens with zero attached hydrogens (tertiary/aromatic N) is 3. The van der Waals surface area contributed by atoms with Crippen LogP contribution < -0.4 is 15.0 Å². The minimum Gasteiger partial charge on any atom is -0.495 e. The number of para-hydroxylation sites is 2. The first-order valence-corrected chi connectivity index (χ1v) is 13.4. The van der Waals surface area contributed by atoms with Gasteiger partial charge in [0.2, 0.25) is 5.88 Å². The van der Waals surface area contributed by atoms with Crippen LogP contribution in [-0.2, 0) is 10.0 Å². The number of benzene rings is 3. The smallest absolute Gasteiger partial charge is 0.265 e. The molecule has 0 aliphatic carbocycles. The highest BCUT2D eigenvalue weighted by Gasteiger charge is 2.20. The van der Waals surface area contributed by atoms with E-state index in [1.807, 2.05) is 13.0 Å². The van der Waals surface area contributed by atoms with Crippen LogP contribution in [0.4, 0.5) is 11.5 Å². The lowest BCUT2D eigenvalue weighted by Gasteiger charge is -2.15. The van der Waals surface area contributed by atoms with E-state index in [4.69, 9.17) is 4.74 Å². The second-order valence-corrected chi connectivity index (χ2v) is 10.3. The molecule has 196 valence electrons. The molecule has 5 aromatic rings. The molecule has 0 unspecified atom stereocenters. The van der Waals surface area contributed by atoms with Gasteiger partial charge in [-0.25, -0.2) is 23.0 Å². The summed E-state index contributed by atoms with van der Waals surface area (Å²) in [5.74, 6) is 0.435. The highest BCUT2D eigenvalue weighted by molar-refractivity contribution is 7.92. The van der Waals surface area contributed by atoms with Crippen molar-refractivity contribution in [1.29, 1.82) is 0 Å². The maximum Gasteiger partial charge on any atom is 0.265 e. The molecular weight excluding hydrogens is 516 g/mol. The predicted molar refractivity (Wildman–Crippen MR) is 151 cm³/mol. The molecule has 0 atom stereocenters. The number of rotatable bonds is 7. The van der Waals surface area contributed by atoms with E-state index in [0.717, 1.165) is 10.1 Å². The van der Waals surface area contributed by atoms with Gasteiger partial charge in [0.15, 0.2) is 5.82 Å². The van der Waals surface area contributed by atoms with E-state index >= 15 is 0 Å². The molecule has 0 saturated carbocycles. The van der Waals surface area contributed by atoms with E-state index in [0.29, 0.717) is 22.3 Å². The number of methoxy groups -OCH3 is 1.